The Balaban J connectivity index is 0.00000152. The first-order chi connectivity index (χ1) is 15.6. The normalized spacial score (nSPS) is 32.9. The van der Waals surface area contributed by atoms with Crippen LogP contribution in [0.5, 0.6) is 0 Å². The maximum atomic E-state index is 12.6. The van der Waals surface area contributed by atoms with Gasteiger partial charge in [-0.25, -0.2) is 0 Å². The fourth-order valence-electron chi connectivity index (χ4n) is 7.54. The Labute approximate surface area is 236 Å². The van der Waals surface area contributed by atoms with Crippen molar-refractivity contribution in [2.24, 2.45) is 17.3 Å². The van der Waals surface area contributed by atoms with Crippen molar-refractivity contribution < 1.29 is 14.5 Å². The lowest BCUT2D eigenvalue weighted by atomic mass is 9.51. The molecule has 0 heterocycles. The van der Waals surface area contributed by atoms with Crippen molar-refractivity contribution in [2.75, 3.05) is 13.3 Å². The van der Waals surface area contributed by atoms with Crippen LogP contribution in [-0.2, 0) is 9.36 Å². The second-order valence-corrected chi connectivity index (χ2v) is 14.6. The number of carbonyl (C=O) groups is 1. The number of ketones is 1. The van der Waals surface area contributed by atoms with Crippen LogP contribution in [0, 0.1) is 28.6 Å². The number of nitrogens with zero attached hydrogens (tertiary/aromatic N) is 1. The Kier molecular flexibility index (Phi) is 9.63. The van der Waals surface area contributed by atoms with Gasteiger partial charge in [0, 0.05) is 23.1 Å². The summed E-state index contributed by atoms with van der Waals surface area (Å²) in [6.07, 6.45) is 7.83. The third-order valence-electron chi connectivity index (χ3n) is 9.35. The summed E-state index contributed by atoms with van der Waals surface area (Å²) in [6, 6.07) is 10.5. The van der Waals surface area contributed by atoms with Crippen molar-refractivity contribution in [1.29, 1.82) is 5.26 Å². The van der Waals surface area contributed by atoms with Crippen molar-refractivity contribution in [1.82, 2.24) is 0 Å². The molecule has 0 spiro atoms. The molecule has 36 heavy (non-hydrogen) atoms. The van der Waals surface area contributed by atoms with Crippen LogP contribution in [0.3, 0.4) is 0 Å². The summed E-state index contributed by atoms with van der Waals surface area (Å²) in [5.74, 6) is 1.12. The average Bonchev–Trinajstić information content (AvgIpc) is 3.03. The molecule has 1 N–H and O–H groups in total. The van der Waals surface area contributed by atoms with Crippen molar-refractivity contribution in [2.45, 2.75) is 69.8 Å². The zero-order chi connectivity index (χ0) is 23.6. The lowest BCUT2D eigenvalue weighted by molar-refractivity contribution is -0.114. The molecular formula is C28H40NO3PS3. The van der Waals surface area contributed by atoms with Crippen LogP contribution in [0.15, 0.2) is 47.1 Å². The highest BCUT2D eigenvalue weighted by molar-refractivity contribution is 7.70. The lowest BCUT2D eigenvalue weighted by Gasteiger charge is -2.54. The number of hydrogen-bond acceptors (Lipinski definition) is 4. The van der Waals surface area contributed by atoms with Crippen molar-refractivity contribution in [3.63, 3.8) is 0 Å². The highest BCUT2D eigenvalue weighted by atomic mass is 32.1. The maximum absolute atomic E-state index is 12.6. The summed E-state index contributed by atoms with van der Waals surface area (Å²) in [5, 5.41) is 22.1. The monoisotopic (exact) mass is 565 g/mol. The molecule has 0 saturated heterocycles. The van der Waals surface area contributed by atoms with E-state index < -0.39 is 12.7 Å². The minimum atomic E-state index is -2.33. The molecule has 1 aromatic rings. The topological polar surface area (TPSA) is 78.2 Å². The van der Waals surface area contributed by atoms with Crippen molar-refractivity contribution in [3.8, 4) is 6.07 Å². The summed E-state index contributed by atoms with van der Waals surface area (Å²) in [4.78, 5) is 12.2. The molecule has 0 amide bonds. The molecule has 0 unspecified atom stereocenters. The summed E-state index contributed by atoms with van der Waals surface area (Å²) in [7, 11) is -2.33. The number of hydrogen-bond donors (Lipinski definition) is 1. The van der Waals surface area contributed by atoms with E-state index in [0.29, 0.717) is 24.7 Å². The standard InChI is InChI=1S/C28H34NO3P.3H2S/c1-27-17-24(18-4-8-21(9-5-18)33(2,3)32)26-22-11-7-20(30)16-19(22)6-10-23(26)25(27)12-13-28(27,31)14-15-29;;;/h4-5,8-9,16,23-25,31H,6-7,10-14,17H2,1-3H3;3*1H2/t23-,24+,25-,27-,28+;;;/m0.../s1. The van der Waals surface area contributed by atoms with Gasteiger partial charge in [0.2, 0.25) is 0 Å². The van der Waals surface area contributed by atoms with E-state index in [1.54, 1.807) is 13.3 Å². The van der Waals surface area contributed by atoms with E-state index >= 15 is 0 Å². The molecular weight excluding hydrogens is 525 g/mol. The van der Waals surface area contributed by atoms with Gasteiger partial charge in [0.1, 0.15) is 7.14 Å². The molecule has 4 nitrogen and oxygen atoms in total. The largest absolute Gasteiger partial charge is 0.388 e. The highest BCUT2D eigenvalue weighted by Crippen LogP contribution is 2.67. The van der Waals surface area contributed by atoms with Gasteiger partial charge in [-0.15, -0.1) is 0 Å². The van der Waals surface area contributed by atoms with Gasteiger partial charge >= 0.3 is 0 Å². The first-order valence-corrected chi connectivity index (χ1v) is 14.9. The Morgan fingerprint density at radius 1 is 1.08 bits per heavy atom. The first kappa shape index (κ1) is 31.3. The zero-order valence-corrected chi connectivity index (χ0v) is 25.3. The van der Waals surface area contributed by atoms with Crippen LogP contribution in [0.2, 0.25) is 0 Å². The number of benzene rings is 1. The zero-order valence-electron chi connectivity index (χ0n) is 21.4. The molecule has 2 saturated carbocycles. The van der Waals surface area contributed by atoms with Gasteiger partial charge in [0.15, 0.2) is 5.78 Å². The number of rotatable bonds is 3. The SMILES string of the molecule is C[C@]12C[C@H](c3ccc(P(C)(C)=O)cc3)C3=C4CCC(=O)C=C4CC[C@H]3[C@@H]1CC[C@@]2(O)CC#N.S.S.S. The van der Waals surface area contributed by atoms with Crippen LogP contribution in [0.1, 0.15) is 69.8 Å². The third kappa shape index (κ3) is 4.94. The molecule has 0 radical (unpaired) electrons. The quantitative estimate of drug-likeness (QED) is 0.469. The Morgan fingerprint density at radius 2 is 1.75 bits per heavy atom. The molecule has 4 aliphatic rings. The Morgan fingerprint density at radius 3 is 2.36 bits per heavy atom. The van der Waals surface area contributed by atoms with E-state index in [-0.39, 0.29) is 64.0 Å². The predicted molar refractivity (Wildman–Crippen MR) is 162 cm³/mol. The molecule has 198 valence electrons. The highest BCUT2D eigenvalue weighted by Gasteiger charge is 2.62. The molecule has 0 aromatic heterocycles. The maximum Gasteiger partial charge on any atom is 0.156 e. The van der Waals surface area contributed by atoms with E-state index in [1.807, 2.05) is 18.2 Å². The Hall–Kier alpha value is -0.900. The van der Waals surface area contributed by atoms with Crippen molar-refractivity contribution in [3.05, 3.63) is 52.6 Å². The molecule has 5 atom stereocenters. The van der Waals surface area contributed by atoms with Gasteiger partial charge in [0.25, 0.3) is 0 Å². The molecule has 0 aliphatic heterocycles. The van der Waals surface area contributed by atoms with E-state index in [9.17, 15) is 19.7 Å². The summed E-state index contributed by atoms with van der Waals surface area (Å²) < 4.78 is 12.6. The van der Waals surface area contributed by atoms with Gasteiger partial charge in [0.05, 0.1) is 18.1 Å². The number of allylic oxidation sites excluding steroid dienone is 4. The fourth-order valence-corrected chi connectivity index (χ4v) is 8.41. The molecule has 0 bridgehead atoms. The van der Waals surface area contributed by atoms with Crippen LogP contribution < -0.4 is 5.30 Å². The lowest BCUT2D eigenvalue weighted by Crippen LogP contribution is -2.51. The smallest absolute Gasteiger partial charge is 0.156 e. The van der Waals surface area contributed by atoms with Gasteiger partial charge in [-0.1, -0.05) is 36.8 Å². The number of nitriles is 1. The van der Waals surface area contributed by atoms with Crippen LogP contribution >= 0.6 is 47.6 Å². The first-order valence-electron chi connectivity index (χ1n) is 12.3. The average molecular weight is 566 g/mol. The van der Waals surface area contributed by atoms with E-state index in [2.05, 4.69) is 25.1 Å². The van der Waals surface area contributed by atoms with Gasteiger partial charge in [-0.2, -0.15) is 45.7 Å². The fraction of sp³-hybridized carbons (Fsp3) is 0.571. The summed E-state index contributed by atoms with van der Waals surface area (Å²) in [6.45, 7) is 5.81. The van der Waals surface area contributed by atoms with Gasteiger partial charge < -0.3 is 9.67 Å². The third-order valence-corrected chi connectivity index (χ3v) is 10.9. The van der Waals surface area contributed by atoms with Crippen molar-refractivity contribution >= 4 is 58.7 Å². The minimum Gasteiger partial charge on any atom is -0.388 e. The van der Waals surface area contributed by atoms with Crippen LogP contribution in [0.4, 0.5) is 0 Å². The molecule has 5 rings (SSSR count). The number of carbonyl (C=O) groups excluding carboxylic acids is 1. The van der Waals surface area contributed by atoms with Gasteiger partial charge in [-0.3, -0.25) is 4.79 Å². The number of fused-ring (bicyclic) bond motifs is 4. The second-order valence-electron chi connectivity index (χ2n) is 11.3. The van der Waals surface area contributed by atoms with E-state index in [1.165, 1.54) is 22.3 Å². The molecule has 1 aromatic carbocycles. The summed E-state index contributed by atoms with van der Waals surface area (Å²) >= 11 is 0. The second kappa shape index (κ2) is 11.1. The summed E-state index contributed by atoms with van der Waals surface area (Å²) in [5.41, 5.74) is 4.00. The molecule has 2 fully saturated rings. The minimum absolute atomic E-state index is 0. The van der Waals surface area contributed by atoms with Gasteiger partial charge in [-0.05, 0) is 86.5 Å². The molecule has 4 aliphatic carbocycles. The van der Waals surface area contributed by atoms with E-state index in [0.717, 1.165) is 37.4 Å². The molecule has 8 heteroatoms. The number of aliphatic hydroxyl groups is 1. The predicted octanol–water partition coefficient (Wildman–Crippen LogP) is 5.82. The van der Waals surface area contributed by atoms with Crippen LogP contribution in [-0.4, -0.2) is 29.8 Å². The van der Waals surface area contributed by atoms with E-state index in [4.69, 9.17) is 0 Å². The van der Waals surface area contributed by atoms with Crippen LogP contribution in [0.25, 0.3) is 0 Å². The Bertz CT molecular complexity index is 1170.